The molecule has 176 valence electrons. The molecule has 1 atom stereocenters. The molecule has 0 aromatic heterocycles. The van der Waals surface area contributed by atoms with Crippen LogP contribution in [-0.2, 0) is 11.2 Å². The summed E-state index contributed by atoms with van der Waals surface area (Å²) in [5.41, 5.74) is 3.68. The summed E-state index contributed by atoms with van der Waals surface area (Å²) in [5.74, 6) is 1.93. The number of ether oxygens (including phenoxy) is 2. The zero-order valence-corrected chi connectivity index (χ0v) is 19.5. The molecule has 0 radical (unpaired) electrons. The molecule has 0 spiro atoms. The van der Waals surface area contributed by atoms with Crippen molar-refractivity contribution in [1.29, 1.82) is 0 Å². The van der Waals surface area contributed by atoms with Crippen molar-refractivity contribution in [2.45, 2.75) is 25.4 Å². The van der Waals surface area contributed by atoms with Crippen molar-refractivity contribution in [1.82, 2.24) is 10.2 Å². The highest BCUT2D eigenvalue weighted by molar-refractivity contribution is 5.78. The first-order valence-electron chi connectivity index (χ1n) is 12.3. The van der Waals surface area contributed by atoms with Crippen LogP contribution in [0, 0.1) is 5.92 Å². The molecule has 1 fully saturated rings. The zero-order valence-electron chi connectivity index (χ0n) is 19.5. The summed E-state index contributed by atoms with van der Waals surface area (Å²) < 4.78 is 11.9. The van der Waals surface area contributed by atoms with Crippen LogP contribution in [0.3, 0.4) is 0 Å². The number of rotatable bonds is 7. The number of nitrogens with zero attached hydrogens (tertiary/aromatic N) is 1. The van der Waals surface area contributed by atoms with E-state index in [4.69, 9.17) is 9.47 Å². The van der Waals surface area contributed by atoms with Crippen LogP contribution >= 0.6 is 0 Å². The molecule has 1 saturated heterocycles. The van der Waals surface area contributed by atoms with Gasteiger partial charge in [0.15, 0.2) is 11.5 Å². The van der Waals surface area contributed by atoms with Gasteiger partial charge in [0.25, 0.3) is 0 Å². The Bertz CT molecular complexity index is 1080. The molecule has 1 unspecified atom stereocenters. The van der Waals surface area contributed by atoms with Crippen LogP contribution in [0.15, 0.2) is 78.9 Å². The molecule has 5 heteroatoms. The number of amides is 1. The molecule has 5 rings (SSSR count). The predicted octanol–water partition coefficient (Wildman–Crippen LogP) is 4.56. The van der Waals surface area contributed by atoms with E-state index in [1.54, 1.807) is 0 Å². The summed E-state index contributed by atoms with van der Waals surface area (Å²) in [7, 11) is 0. The first-order chi connectivity index (χ1) is 16.7. The van der Waals surface area contributed by atoms with E-state index in [9.17, 15) is 4.79 Å². The van der Waals surface area contributed by atoms with Crippen molar-refractivity contribution >= 4 is 5.91 Å². The van der Waals surface area contributed by atoms with Gasteiger partial charge >= 0.3 is 0 Å². The molecular formula is C29H32N2O3. The fourth-order valence-electron chi connectivity index (χ4n) is 4.79. The fourth-order valence-corrected chi connectivity index (χ4v) is 4.79. The van der Waals surface area contributed by atoms with Gasteiger partial charge < -0.3 is 14.8 Å². The van der Waals surface area contributed by atoms with Gasteiger partial charge in [-0.25, -0.2) is 0 Å². The Kier molecular flexibility index (Phi) is 7.10. The van der Waals surface area contributed by atoms with Crippen LogP contribution in [0.5, 0.6) is 11.5 Å². The van der Waals surface area contributed by atoms with Crippen LogP contribution in [-0.4, -0.2) is 49.7 Å². The third-order valence-electron chi connectivity index (χ3n) is 6.76. The Morgan fingerprint density at radius 3 is 2.29 bits per heavy atom. The number of benzene rings is 3. The van der Waals surface area contributed by atoms with Crippen LogP contribution in [0.4, 0.5) is 0 Å². The second-order valence-electron chi connectivity index (χ2n) is 9.18. The van der Waals surface area contributed by atoms with Crippen molar-refractivity contribution < 1.29 is 14.3 Å². The van der Waals surface area contributed by atoms with Crippen LogP contribution in [0.25, 0.3) is 11.1 Å². The zero-order chi connectivity index (χ0) is 23.2. The molecule has 0 bridgehead atoms. The molecule has 1 amide bonds. The summed E-state index contributed by atoms with van der Waals surface area (Å²) in [6.07, 6.45) is 2.66. The Balaban J connectivity index is 1.02. The minimum atomic E-state index is 0.0357. The third-order valence-corrected chi connectivity index (χ3v) is 6.76. The Hall–Kier alpha value is -3.31. The van der Waals surface area contributed by atoms with Crippen molar-refractivity contribution in [2.24, 2.45) is 5.92 Å². The number of nitrogens with one attached hydrogen (secondary N) is 1. The molecule has 0 saturated carbocycles. The maximum absolute atomic E-state index is 12.7. The molecule has 1 N–H and O–H groups in total. The Morgan fingerprint density at radius 2 is 1.53 bits per heavy atom. The second-order valence-corrected chi connectivity index (χ2v) is 9.18. The lowest BCUT2D eigenvalue weighted by atomic mass is 9.95. The van der Waals surface area contributed by atoms with Gasteiger partial charge in [-0.2, -0.15) is 0 Å². The van der Waals surface area contributed by atoms with Gasteiger partial charge in [0.2, 0.25) is 5.91 Å². The van der Waals surface area contributed by atoms with Gasteiger partial charge in [-0.05, 0) is 61.2 Å². The molecule has 2 aliphatic rings. The normalized spacial score (nSPS) is 18.4. The predicted molar refractivity (Wildman–Crippen MR) is 134 cm³/mol. The number of fused-ring (bicyclic) bond motifs is 1. The van der Waals surface area contributed by atoms with E-state index < -0.39 is 0 Å². The number of likely N-dealkylation sites (tertiary alicyclic amines) is 1. The van der Waals surface area contributed by atoms with E-state index >= 15 is 0 Å². The smallest absolute Gasteiger partial charge is 0.223 e. The van der Waals surface area contributed by atoms with E-state index in [0.717, 1.165) is 50.4 Å². The quantitative estimate of drug-likeness (QED) is 0.566. The number of carbonyl (C=O) groups excluding carboxylic acids is 1. The van der Waals surface area contributed by atoms with Crippen LogP contribution in [0.1, 0.15) is 18.4 Å². The SMILES string of the molecule is O=C(NCCc1ccc(-c2ccccc2)cc1)C1CCN(CC2COc3ccccc3O2)CC1. The lowest BCUT2D eigenvalue weighted by molar-refractivity contribution is -0.126. The van der Waals surface area contributed by atoms with Gasteiger partial charge in [0, 0.05) is 19.0 Å². The summed E-state index contributed by atoms with van der Waals surface area (Å²) in [5, 5.41) is 3.15. The number of hydrogen-bond donors (Lipinski definition) is 1. The van der Waals surface area contributed by atoms with Crippen molar-refractivity contribution in [3.05, 3.63) is 84.4 Å². The van der Waals surface area contributed by atoms with Gasteiger partial charge in [0.05, 0.1) is 0 Å². The van der Waals surface area contributed by atoms with E-state index in [0.29, 0.717) is 13.2 Å². The molecule has 34 heavy (non-hydrogen) atoms. The minimum Gasteiger partial charge on any atom is -0.486 e. The van der Waals surface area contributed by atoms with E-state index in [1.807, 2.05) is 30.3 Å². The highest BCUT2D eigenvalue weighted by atomic mass is 16.6. The maximum atomic E-state index is 12.7. The lowest BCUT2D eigenvalue weighted by Crippen LogP contribution is -2.46. The number of hydrogen-bond acceptors (Lipinski definition) is 4. The third kappa shape index (κ3) is 5.60. The van der Waals surface area contributed by atoms with Gasteiger partial charge in [-0.3, -0.25) is 9.69 Å². The average Bonchev–Trinajstić information content (AvgIpc) is 2.90. The van der Waals surface area contributed by atoms with E-state index in [1.165, 1.54) is 16.7 Å². The fraction of sp³-hybridized carbons (Fsp3) is 0.345. The summed E-state index contributed by atoms with van der Waals surface area (Å²) in [6, 6.07) is 26.8. The first kappa shape index (κ1) is 22.5. The highest BCUT2D eigenvalue weighted by Gasteiger charge is 2.28. The molecular weight excluding hydrogens is 424 g/mol. The summed E-state index contributed by atoms with van der Waals surface area (Å²) in [4.78, 5) is 15.1. The molecule has 2 heterocycles. The van der Waals surface area contributed by atoms with Gasteiger partial charge in [0.1, 0.15) is 12.7 Å². The minimum absolute atomic E-state index is 0.0357. The standard InChI is InChI=1S/C29H32N2O3/c32-29(30-17-14-22-10-12-24(13-11-22)23-6-2-1-3-7-23)25-15-18-31(19-16-25)20-26-21-33-27-8-4-5-9-28(27)34-26/h1-13,25-26H,14-21H2,(H,30,32). The second kappa shape index (κ2) is 10.7. The number of para-hydroxylation sites is 2. The molecule has 3 aromatic carbocycles. The summed E-state index contributed by atoms with van der Waals surface area (Å²) in [6.45, 7) is 3.92. The van der Waals surface area contributed by atoms with Crippen molar-refractivity contribution in [2.75, 3.05) is 32.8 Å². The maximum Gasteiger partial charge on any atom is 0.223 e. The van der Waals surface area contributed by atoms with Crippen molar-refractivity contribution in [3.63, 3.8) is 0 Å². The van der Waals surface area contributed by atoms with Crippen LogP contribution in [0.2, 0.25) is 0 Å². The molecule has 5 nitrogen and oxygen atoms in total. The van der Waals surface area contributed by atoms with Crippen LogP contribution < -0.4 is 14.8 Å². The van der Waals surface area contributed by atoms with E-state index in [-0.39, 0.29) is 17.9 Å². The lowest BCUT2D eigenvalue weighted by Gasteiger charge is -2.35. The topological polar surface area (TPSA) is 50.8 Å². The number of carbonyl (C=O) groups is 1. The summed E-state index contributed by atoms with van der Waals surface area (Å²) >= 11 is 0. The van der Waals surface area contributed by atoms with Gasteiger partial charge in [-0.15, -0.1) is 0 Å². The average molecular weight is 457 g/mol. The first-order valence-corrected chi connectivity index (χ1v) is 12.3. The number of piperidine rings is 1. The highest BCUT2D eigenvalue weighted by Crippen LogP contribution is 2.31. The monoisotopic (exact) mass is 456 g/mol. The molecule has 3 aromatic rings. The largest absolute Gasteiger partial charge is 0.486 e. The van der Waals surface area contributed by atoms with E-state index in [2.05, 4.69) is 58.7 Å². The Labute approximate surface area is 201 Å². The molecule has 0 aliphatic carbocycles. The molecule has 2 aliphatic heterocycles. The van der Waals surface area contributed by atoms with Crippen molar-refractivity contribution in [3.8, 4) is 22.6 Å². The Morgan fingerprint density at radius 1 is 0.853 bits per heavy atom. The van der Waals surface area contributed by atoms with Gasteiger partial charge in [-0.1, -0.05) is 66.7 Å².